The molecule has 0 bridgehead atoms. The minimum Gasteiger partial charge on any atom is -0.341 e. The predicted molar refractivity (Wildman–Crippen MR) is 70.6 cm³/mol. The van der Waals surface area contributed by atoms with Crippen LogP contribution in [0.2, 0.25) is 0 Å². The third-order valence-electron chi connectivity index (χ3n) is 2.75. The fourth-order valence-corrected chi connectivity index (χ4v) is 1.85. The van der Waals surface area contributed by atoms with E-state index in [-0.39, 0.29) is 11.7 Å². The van der Waals surface area contributed by atoms with Crippen LogP contribution in [0.25, 0.3) is 0 Å². The van der Waals surface area contributed by atoms with E-state index in [9.17, 15) is 9.18 Å². The molecule has 1 atom stereocenters. The fraction of sp³-hybridized carbons (Fsp3) is 0.500. The molecule has 2 N–H and O–H groups in total. The molecule has 0 saturated carbocycles. The summed E-state index contributed by atoms with van der Waals surface area (Å²) in [4.78, 5) is 13.6. The van der Waals surface area contributed by atoms with Crippen molar-refractivity contribution in [3.63, 3.8) is 0 Å². The molecule has 0 unspecified atom stereocenters. The lowest BCUT2D eigenvalue weighted by atomic mass is 10.1. The van der Waals surface area contributed by atoms with E-state index >= 15 is 0 Å². The lowest BCUT2D eigenvalue weighted by Gasteiger charge is -2.24. The molecule has 0 aliphatic carbocycles. The molecule has 0 aromatic heterocycles. The highest BCUT2D eigenvalue weighted by molar-refractivity contribution is 5.81. The van der Waals surface area contributed by atoms with Gasteiger partial charge in [0.1, 0.15) is 5.82 Å². The summed E-state index contributed by atoms with van der Waals surface area (Å²) in [6.07, 6.45) is 1.54. The van der Waals surface area contributed by atoms with Gasteiger partial charge in [0.2, 0.25) is 5.91 Å². The Bertz CT molecular complexity index is 393. The van der Waals surface area contributed by atoms with Crippen LogP contribution in [0, 0.1) is 5.82 Å². The van der Waals surface area contributed by atoms with Gasteiger partial charge in [-0.25, -0.2) is 4.39 Å². The molecule has 1 aromatic rings. The Balaban J connectivity index is 2.59. The molecule has 1 aromatic carbocycles. The highest BCUT2D eigenvalue weighted by atomic mass is 19.1. The first-order valence-electron chi connectivity index (χ1n) is 6.33. The van der Waals surface area contributed by atoms with Crippen LogP contribution >= 0.6 is 0 Å². The first kappa shape index (κ1) is 14.6. The summed E-state index contributed by atoms with van der Waals surface area (Å²) in [6, 6.07) is 5.98. The van der Waals surface area contributed by atoms with E-state index < -0.39 is 6.04 Å². The highest BCUT2D eigenvalue weighted by Gasteiger charge is 2.16. The molecule has 0 radical (unpaired) electrons. The zero-order valence-corrected chi connectivity index (χ0v) is 11.0. The second-order valence-corrected chi connectivity index (χ2v) is 4.49. The van der Waals surface area contributed by atoms with Gasteiger partial charge in [0.25, 0.3) is 0 Å². The molecule has 1 amide bonds. The number of hydrogen-bond acceptors (Lipinski definition) is 2. The van der Waals surface area contributed by atoms with Crippen molar-refractivity contribution in [3.05, 3.63) is 35.6 Å². The van der Waals surface area contributed by atoms with Crippen LogP contribution in [0.15, 0.2) is 24.3 Å². The summed E-state index contributed by atoms with van der Waals surface area (Å²) in [5.74, 6) is -0.290. The van der Waals surface area contributed by atoms with Crippen LogP contribution < -0.4 is 5.73 Å². The summed E-state index contributed by atoms with van der Waals surface area (Å²) >= 11 is 0. The Morgan fingerprint density at radius 1 is 1.44 bits per heavy atom. The molecular formula is C14H21FN2O. The van der Waals surface area contributed by atoms with Crippen LogP contribution in [-0.4, -0.2) is 29.9 Å². The van der Waals surface area contributed by atoms with Gasteiger partial charge >= 0.3 is 0 Å². The number of nitrogens with two attached hydrogens (primary N) is 1. The fourth-order valence-electron chi connectivity index (χ4n) is 1.85. The van der Waals surface area contributed by atoms with Gasteiger partial charge < -0.3 is 10.6 Å². The minimum absolute atomic E-state index is 0.0479. The predicted octanol–water partition coefficient (Wildman–Crippen LogP) is 1.95. The quantitative estimate of drug-likeness (QED) is 0.841. The van der Waals surface area contributed by atoms with Gasteiger partial charge in [0.05, 0.1) is 6.04 Å². The second kappa shape index (κ2) is 7.11. The Morgan fingerprint density at radius 2 is 2.17 bits per heavy atom. The van der Waals surface area contributed by atoms with E-state index in [4.69, 9.17) is 5.73 Å². The van der Waals surface area contributed by atoms with Crippen LogP contribution in [0.3, 0.4) is 0 Å². The minimum atomic E-state index is -0.482. The molecule has 1 rings (SSSR count). The van der Waals surface area contributed by atoms with Gasteiger partial charge in [-0.15, -0.1) is 0 Å². The van der Waals surface area contributed by atoms with Crippen molar-refractivity contribution in [3.8, 4) is 0 Å². The molecule has 3 nitrogen and oxygen atoms in total. The van der Waals surface area contributed by atoms with Gasteiger partial charge in [0, 0.05) is 13.1 Å². The number of hydrogen-bond donors (Lipinski definition) is 1. The van der Waals surface area contributed by atoms with E-state index in [0.717, 1.165) is 12.0 Å². The normalized spacial score (nSPS) is 12.2. The number of nitrogens with zero attached hydrogens (tertiary/aromatic N) is 1. The molecular weight excluding hydrogens is 231 g/mol. The smallest absolute Gasteiger partial charge is 0.239 e. The van der Waals surface area contributed by atoms with Gasteiger partial charge in [-0.3, -0.25) is 4.79 Å². The van der Waals surface area contributed by atoms with Crippen LogP contribution in [0.5, 0.6) is 0 Å². The first-order chi connectivity index (χ1) is 8.54. The summed E-state index contributed by atoms with van der Waals surface area (Å²) in [7, 11) is 0. The molecule has 0 aliphatic rings. The Labute approximate surface area is 108 Å². The van der Waals surface area contributed by atoms with Gasteiger partial charge in [0.15, 0.2) is 0 Å². The zero-order valence-electron chi connectivity index (χ0n) is 11.0. The maximum Gasteiger partial charge on any atom is 0.239 e. The number of carbonyl (C=O) groups excluding carboxylic acids is 1. The van der Waals surface area contributed by atoms with Crippen molar-refractivity contribution < 1.29 is 9.18 Å². The van der Waals surface area contributed by atoms with Crippen molar-refractivity contribution in [1.29, 1.82) is 0 Å². The molecule has 0 fully saturated rings. The molecule has 0 aliphatic heterocycles. The Kier molecular flexibility index (Phi) is 5.78. The third kappa shape index (κ3) is 4.45. The molecule has 100 valence electrons. The summed E-state index contributed by atoms with van der Waals surface area (Å²) in [5, 5.41) is 0. The topological polar surface area (TPSA) is 46.3 Å². The first-order valence-corrected chi connectivity index (χ1v) is 6.33. The lowest BCUT2D eigenvalue weighted by Crippen LogP contribution is -2.43. The zero-order chi connectivity index (χ0) is 13.5. The van der Waals surface area contributed by atoms with E-state index in [1.54, 1.807) is 17.9 Å². The highest BCUT2D eigenvalue weighted by Crippen LogP contribution is 2.06. The second-order valence-electron chi connectivity index (χ2n) is 4.49. The standard InChI is InChI=1S/C14H21FN2O/c1-3-8-17(14(18)11(2)16)9-7-12-5-4-6-13(15)10-12/h4-6,10-11H,3,7-9,16H2,1-2H3/t11-/m0/s1. The van der Waals surface area contributed by atoms with Crippen molar-refractivity contribution in [2.45, 2.75) is 32.7 Å². The molecule has 4 heteroatoms. The average molecular weight is 252 g/mol. The van der Waals surface area contributed by atoms with Gasteiger partial charge in [-0.2, -0.15) is 0 Å². The number of rotatable bonds is 6. The summed E-state index contributed by atoms with van der Waals surface area (Å²) in [5.41, 5.74) is 6.51. The number of halogens is 1. The van der Waals surface area contributed by atoms with Gasteiger partial charge in [-0.1, -0.05) is 19.1 Å². The monoisotopic (exact) mass is 252 g/mol. The van der Waals surface area contributed by atoms with Crippen molar-refractivity contribution >= 4 is 5.91 Å². The lowest BCUT2D eigenvalue weighted by molar-refractivity contribution is -0.132. The van der Waals surface area contributed by atoms with Crippen LogP contribution in [0.1, 0.15) is 25.8 Å². The number of amides is 1. The Morgan fingerprint density at radius 3 is 2.72 bits per heavy atom. The van der Waals surface area contributed by atoms with E-state index in [1.165, 1.54) is 12.1 Å². The van der Waals surface area contributed by atoms with Crippen molar-refractivity contribution in [2.75, 3.05) is 13.1 Å². The maximum absolute atomic E-state index is 13.0. The number of carbonyl (C=O) groups is 1. The molecule has 0 spiro atoms. The Hall–Kier alpha value is -1.42. The van der Waals surface area contributed by atoms with Crippen molar-refractivity contribution in [1.82, 2.24) is 4.90 Å². The molecule has 0 saturated heterocycles. The maximum atomic E-state index is 13.0. The largest absolute Gasteiger partial charge is 0.341 e. The van der Waals surface area contributed by atoms with Gasteiger partial charge in [-0.05, 0) is 37.5 Å². The number of benzene rings is 1. The van der Waals surface area contributed by atoms with E-state index in [1.807, 2.05) is 13.0 Å². The van der Waals surface area contributed by atoms with Crippen LogP contribution in [0.4, 0.5) is 4.39 Å². The van der Waals surface area contributed by atoms with Crippen molar-refractivity contribution in [2.24, 2.45) is 5.73 Å². The average Bonchev–Trinajstić information content (AvgIpc) is 2.33. The van der Waals surface area contributed by atoms with E-state index in [2.05, 4.69) is 0 Å². The van der Waals surface area contributed by atoms with Crippen LogP contribution in [-0.2, 0) is 11.2 Å². The summed E-state index contributed by atoms with van der Waals surface area (Å²) in [6.45, 7) is 4.98. The van der Waals surface area contributed by atoms with E-state index in [0.29, 0.717) is 19.5 Å². The SMILES string of the molecule is CCCN(CCc1cccc(F)c1)C(=O)[C@H](C)N. The summed E-state index contributed by atoms with van der Waals surface area (Å²) < 4.78 is 13.0. The molecule has 18 heavy (non-hydrogen) atoms. The molecule has 0 heterocycles. The third-order valence-corrected chi connectivity index (χ3v) is 2.75.